The molecule has 104 valence electrons. The average Bonchev–Trinajstić information content (AvgIpc) is 2.52. The van der Waals surface area contributed by atoms with Crippen LogP contribution in [0.25, 0.3) is 0 Å². The maximum absolute atomic E-state index is 5.30. The first-order chi connectivity index (χ1) is 9.75. The van der Waals surface area contributed by atoms with Gasteiger partial charge in [-0.2, -0.15) is 0 Å². The molecule has 0 radical (unpaired) electrons. The second-order valence-electron chi connectivity index (χ2n) is 4.86. The molecule has 0 aliphatic rings. The van der Waals surface area contributed by atoms with Gasteiger partial charge in [0.1, 0.15) is 0 Å². The Morgan fingerprint density at radius 2 is 1.55 bits per heavy atom. The number of nitrogens with one attached hydrogen (secondary N) is 2. The SMILES string of the molecule is C[C@@H](CNC(=S)NCc1ccccc1)c1ccccc1. The highest BCUT2D eigenvalue weighted by molar-refractivity contribution is 7.80. The summed E-state index contributed by atoms with van der Waals surface area (Å²) >= 11 is 5.30. The highest BCUT2D eigenvalue weighted by Crippen LogP contribution is 2.12. The van der Waals surface area contributed by atoms with Gasteiger partial charge in [0.05, 0.1) is 0 Å². The maximum Gasteiger partial charge on any atom is 0.166 e. The maximum atomic E-state index is 5.30. The smallest absolute Gasteiger partial charge is 0.166 e. The van der Waals surface area contributed by atoms with Crippen LogP contribution in [0.1, 0.15) is 24.0 Å². The molecule has 0 bridgehead atoms. The van der Waals surface area contributed by atoms with Gasteiger partial charge in [-0.1, -0.05) is 67.6 Å². The lowest BCUT2D eigenvalue weighted by molar-refractivity contribution is 0.707. The van der Waals surface area contributed by atoms with Gasteiger partial charge < -0.3 is 10.6 Å². The predicted molar refractivity (Wildman–Crippen MR) is 88.7 cm³/mol. The lowest BCUT2D eigenvalue weighted by Crippen LogP contribution is -2.36. The fourth-order valence-corrected chi connectivity index (χ4v) is 2.14. The molecule has 0 aliphatic carbocycles. The Bertz CT molecular complexity index is 525. The van der Waals surface area contributed by atoms with Crippen molar-refractivity contribution in [3.8, 4) is 0 Å². The van der Waals surface area contributed by atoms with Gasteiger partial charge in [-0.05, 0) is 29.3 Å². The van der Waals surface area contributed by atoms with E-state index in [1.54, 1.807) is 0 Å². The summed E-state index contributed by atoms with van der Waals surface area (Å²) in [7, 11) is 0. The minimum absolute atomic E-state index is 0.438. The summed E-state index contributed by atoms with van der Waals surface area (Å²) in [6, 6.07) is 20.7. The third-order valence-corrected chi connectivity index (χ3v) is 3.52. The van der Waals surface area contributed by atoms with Crippen molar-refractivity contribution < 1.29 is 0 Å². The summed E-state index contributed by atoms with van der Waals surface area (Å²) in [6.07, 6.45) is 0. The Balaban J connectivity index is 1.73. The van der Waals surface area contributed by atoms with Crippen LogP contribution in [0.2, 0.25) is 0 Å². The van der Waals surface area contributed by atoms with E-state index in [9.17, 15) is 0 Å². The van der Waals surface area contributed by atoms with Gasteiger partial charge in [-0.15, -0.1) is 0 Å². The van der Waals surface area contributed by atoms with E-state index in [0.29, 0.717) is 11.0 Å². The van der Waals surface area contributed by atoms with Gasteiger partial charge >= 0.3 is 0 Å². The van der Waals surface area contributed by atoms with Crippen LogP contribution >= 0.6 is 12.2 Å². The zero-order valence-corrected chi connectivity index (χ0v) is 12.5. The number of hydrogen-bond acceptors (Lipinski definition) is 1. The highest BCUT2D eigenvalue weighted by atomic mass is 32.1. The molecule has 2 aromatic carbocycles. The van der Waals surface area contributed by atoms with E-state index in [-0.39, 0.29) is 0 Å². The second-order valence-corrected chi connectivity index (χ2v) is 5.27. The van der Waals surface area contributed by atoms with Gasteiger partial charge in [0.25, 0.3) is 0 Å². The van der Waals surface area contributed by atoms with Crippen LogP contribution in [0.15, 0.2) is 60.7 Å². The van der Waals surface area contributed by atoms with Gasteiger partial charge in [-0.25, -0.2) is 0 Å². The molecule has 0 aliphatic heterocycles. The molecule has 2 aromatic rings. The summed E-state index contributed by atoms with van der Waals surface area (Å²) in [4.78, 5) is 0. The van der Waals surface area contributed by atoms with Crippen LogP contribution in [-0.2, 0) is 6.54 Å². The Morgan fingerprint density at radius 3 is 2.20 bits per heavy atom. The van der Waals surface area contributed by atoms with Crippen LogP contribution in [0.3, 0.4) is 0 Å². The van der Waals surface area contributed by atoms with Crippen LogP contribution < -0.4 is 10.6 Å². The van der Waals surface area contributed by atoms with E-state index in [0.717, 1.165) is 13.1 Å². The lowest BCUT2D eigenvalue weighted by atomic mass is 10.0. The number of thiocarbonyl (C=S) groups is 1. The minimum Gasteiger partial charge on any atom is -0.362 e. The zero-order valence-electron chi connectivity index (χ0n) is 11.7. The molecule has 0 amide bonds. The molecular formula is C17H20N2S. The van der Waals surface area contributed by atoms with Crippen molar-refractivity contribution in [2.45, 2.75) is 19.4 Å². The summed E-state index contributed by atoms with van der Waals surface area (Å²) in [5.74, 6) is 0.438. The van der Waals surface area contributed by atoms with Crippen LogP contribution in [-0.4, -0.2) is 11.7 Å². The molecule has 1 atom stereocenters. The minimum atomic E-state index is 0.438. The van der Waals surface area contributed by atoms with Crippen molar-refractivity contribution >= 4 is 17.3 Å². The molecule has 2 rings (SSSR count). The van der Waals surface area contributed by atoms with Crippen molar-refractivity contribution in [3.63, 3.8) is 0 Å². The fraction of sp³-hybridized carbons (Fsp3) is 0.235. The monoisotopic (exact) mass is 284 g/mol. The lowest BCUT2D eigenvalue weighted by Gasteiger charge is -2.15. The standard InChI is InChI=1S/C17H20N2S/c1-14(16-10-6-3-7-11-16)12-18-17(20)19-13-15-8-4-2-5-9-15/h2-11,14H,12-13H2,1H3,(H2,18,19,20)/t14-/m0/s1. The van der Waals surface area contributed by atoms with E-state index >= 15 is 0 Å². The largest absolute Gasteiger partial charge is 0.362 e. The molecule has 0 saturated heterocycles. The highest BCUT2D eigenvalue weighted by Gasteiger charge is 2.05. The average molecular weight is 284 g/mol. The summed E-state index contributed by atoms with van der Waals surface area (Å²) in [5.41, 5.74) is 2.55. The van der Waals surface area contributed by atoms with Crippen molar-refractivity contribution in [3.05, 3.63) is 71.8 Å². The van der Waals surface area contributed by atoms with Gasteiger partial charge in [0, 0.05) is 13.1 Å². The van der Waals surface area contributed by atoms with Crippen molar-refractivity contribution in [1.82, 2.24) is 10.6 Å². The van der Waals surface area contributed by atoms with Gasteiger partial charge in [0.2, 0.25) is 0 Å². The van der Waals surface area contributed by atoms with Crippen LogP contribution in [0.4, 0.5) is 0 Å². The normalized spacial score (nSPS) is 11.7. The van der Waals surface area contributed by atoms with Crippen LogP contribution in [0, 0.1) is 0 Å². The zero-order chi connectivity index (χ0) is 14.2. The molecule has 0 unspecified atom stereocenters. The molecule has 0 aromatic heterocycles. The molecule has 3 heteroatoms. The number of hydrogen-bond donors (Lipinski definition) is 2. The third-order valence-electron chi connectivity index (χ3n) is 3.23. The van der Waals surface area contributed by atoms with Gasteiger partial charge in [0.15, 0.2) is 5.11 Å². The van der Waals surface area contributed by atoms with Gasteiger partial charge in [-0.3, -0.25) is 0 Å². The summed E-state index contributed by atoms with van der Waals surface area (Å²) in [6.45, 7) is 3.79. The number of rotatable bonds is 5. The van der Waals surface area contributed by atoms with E-state index in [2.05, 4.69) is 54.0 Å². The molecule has 2 nitrogen and oxygen atoms in total. The number of benzene rings is 2. The Labute approximate surface area is 126 Å². The molecule has 2 N–H and O–H groups in total. The molecular weight excluding hydrogens is 264 g/mol. The summed E-state index contributed by atoms with van der Waals surface area (Å²) in [5, 5.41) is 7.20. The predicted octanol–water partition coefficient (Wildman–Crippen LogP) is 3.45. The van der Waals surface area contributed by atoms with E-state index in [1.165, 1.54) is 11.1 Å². The first-order valence-corrected chi connectivity index (χ1v) is 7.27. The summed E-state index contributed by atoms with van der Waals surface area (Å²) < 4.78 is 0. The molecule has 0 heterocycles. The Kier molecular flexibility index (Phi) is 5.56. The van der Waals surface area contributed by atoms with Crippen molar-refractivity contribution in [2.75, 3.05) is 6.54 Å². The quantitative estimate of drug-likeness (QED) is 0.822. The topological polar surface area (TPSA) is 24.1 Å². The fourth-order valence-electron chi connectivity index (χ4n) is 1.99. The van der Waals surface area contributed by atoms with E-state index in [1.807, 2.05) is 24.3 Å². The molecule has 0 fully saturated rings. The van der Waals surface area contributed by atoms with Crippen molar-refractivity contribution in [2.24, 2.45) is 0 Å². The first-order valence-electron chi connectivity index (χ1n) is 6.86. The first kappa shape index (κ1) is 14.5. The molecule has 0 saturated carbocycles. The van der Waals surface area contributed by atoms with Crippen LogP contribution in [0.5, 0.6) is 0 Å². The molecule has 20 heavy (non-hydrogen) atoms. The Hall–Kier alpha value is -1.87. The van der Waals surface area contributed by atoms with E-state index < -0.39 is 0 Å². The van der Waals surface area contributed by atoms with Crippen molar-refractivity contribution in [1.29, 1.82) is 0 Å². The second kappa shape index (κ2) is 7.65. The Morgan fingerprint density at radius 1 is 0.950 bits per heavy atom. The third kappa shape index (κ3) is 4.67. The molecule has 0 spiro atoms. The van der Waals surface area contributed by atoms with E-state index in [4.69, 9.17) is 12.2 Å².